The highest BCUT2D eigenvalue weighted by atomic mass is 35.5. The van der Waals surface area contributed by atoms with Crippen LogP contribution in [-0.4, -0.2) is 5.78 Å². The molecule has 96 valence electrons. The van der Waals surface area contributed by atoms with Crippen LogP contribution in [0.2, 0.25) is 10.0 Å². The normalized spacial score (nSPS) is 10.9. The maximum Gasteiger partial charge on any atom is 0.185 e. The molecule has 2 rings (SSSR count). The Morgan fingerprint density at radius 1 is 1.05 bits per heavy atom. The maximum atomic E-state index is 12.0. The summed E-state index contributed by atoms with van der Waals surface area (Å²) in [6.45, 7) is 1.98. The van der Waals surface area contributed by atoms with Gasteiger partial charge in [0.15, 0.2) is 5.78 Å². The molecule has 0 aliphatic heterocycles. The van der Waals surface area contributed by atoms with Gasteiger partial charge in [0.25, 0.3) is 0 Å². The lowest BCUT2D eigenvalue weighted by Gasteiger charge is -2.00. The van der Waals surface area contributed by atoms with Crippen molar-refractivity contribution >= 4 is 35.1 Å². The second-order valence-corrected chi connectivity index (χ2v) is 4.99. The number of ketones is 1. The molecular formula is C16H12Cl2O. The lowest BCUT2D eigenvalue weighted by Crippen LogP contribution is -1.93. The number of carbonyl (C=O) groups is 1. The van der Waals surface area contributed by atoms with Gasteiger partial charge in [0.2, 0.25) is 0 Å². The zero-order valence-corrected chi connectivity index (χ0v) is 11.9. The minimum atomic E-state index is -0.0592. The number of allylic oxidation sites excluding steroid dienone is 1. The van der Waals surface area contributed by atoms with Crippen molar-refractivity contribution in [2.75, 3.05) is 0 Å². The molecule has 0 atom stereocenters. The summed E-state index contributed by atoms with van der Waals surface area (Å²) in [7, 11) is 0. The van der Waals surface area contributed by atoms with Crippen LogP contribution in [0.3, 0.4) is 0 Å². The first kappa shape index (κ1) is 13.9. The smallest absolute Gasteiger partial charge is 0.185 e. The third kappa shape index (κ3) is 3.46. The SMILES string of the molecule is Cc1ccc(C(=O)/C=C/c2cccc(Cl)c2Cl)cc1. The molecule has 0 amide bonds. The van der Waals surface area contributed by atoms with Gasteiger partial charge >= 0.3 is 0 Å². The summed E-state index contributed by atoms with van der Waals surface area (Å²) in [5.41, 5.74) is 2.51. The van der Waals surface area contributed by atoms with E-state index in [-0.39, 0.29) is 5.78 Å². The average Bonchev–Trinajstić information content (AvgIpc) is 2.41. The van der Waals surface area contributed by atoms with Gasteiger partial charge in [0.05, 0.1) is 10.0 Å². The molecular weight excluding hydrogens is 279 g/mol. The van der Waals surface area contributed by atoms with E-state index in [0.29, 0.717) is 15.6 Å². The molecule has 0 fully saturated rings. The van der Waals surface area contributed by atoms with Crippen molar-refractivity contribution < 1.29 is 4.79 Å². The Morgan fingerprint density at radius 2 is 1.74 bits per heavy atom. The average molecular weight is 291 g/mol. The molecule has 3 heteroatoms. The van der Waals surface area contributed by atoms with Crippen LogP contribution >= 0.6 is 23.2 Å². The molecule has 2 aromatic rings. The number of carbonyl (C=O) groups excluding carboxylic acids is 1. The number of hydrogen-bond donors (Lipinski definition) is 0. The first-order valence-corrected chi connectivity index (χ1v) is 6.56. The van der Waals surface area contributed by atoms with E-state index in [0.717, 1.165) is 11.1 Å². The highest BCUT2D eigenvalue weighted by Crippen LogP contribution is 2.26. The molecule has 0 aliphatic rings. The standard InChI is InChI=1S/C16H12Cl2O/c1-11-5-7-12(8-6-11)15(19)10-9-13-3-2-4-14(17)16(13)18/h2-10H,1H3/b10-9+. The van der Waals surface area contributed by atoms with Crippen LogP contribution < -0.4 is 0 Å². The first-order chi connectivity index (χ1) is 9.08. The zero-order valence-electron chi connectivity index (χ0n) is 10.4. The Balaban J connectivity index is 2.21. The molecule has 0 unspecified atom stereocenters. The largest absolute Gasteiger partial charge is 0.289 e. The van der Waals surface area contributed by atoms with Crippen molar-refractivity contribution in [3.8, 4) is 0 Å². The molecule has 19 heavy (non-hydrogen) atoms. The number of rotatable bonds is 3. The number of halogens is 2. The van der Waals surface area contributed by atoms with Crippen molar-refractivity contribution in [3.05, 3.63) is 75.3 Å². The molecule has 0 saturated heterocycles. The third-order valence-electron chi connectivity index (χ3n) is 2.73. The van der Waals surface area contributed by atoms with E-state index in [1.165, 1.54) is 6.08 Å². The maximum absolute atomic E-state index is 12.0. The third-order valence-corrected chi connectivity index (χ3v) is 3.57. The molecule has 2 aromatic carbocycles. The molecule has 0 spiro atoms. The lowest BCUT2D eigenvalue weighted by atomic mass is 10.1. The number of hydrogen-bond acceptors (Lipinski definition) is 1. The quantitative estimate of drug-likeness (QED) is 0.561. The van der Waals surface area contributed by atoms with Crippen molar-refractivity contribution in [2.45, 2.75) is 6.92 Å². The van der Waals surface area contributed by atoms with E-state index in [1.807, 2.05) is 37.3 Å². The van der Waals surface area contributed by atoms with Crippen LogP contribution in [0.1, 0.15) is 21.5 Å². The highest BCUT2D eigenvalue weighted by Gasteiger charge is 2.03. The second-order valence-electron chi connectivity index (χ2n) is 4.21. The summed E-state index contributed by atoms with van der Waals surface area (Å²) in [6.07, 6.45) is 3.18. The van der Waals surface area contributed by atoms with Crippen molar-refractivity contribution in [1.29, 1.82) is 0 Å². The monoisotopic (exact) mass is 290 g/mol. The van der Waals surface area contributed by atoms with Crippen LogP contribution in [0.15, 0.2) is 48.5 Å². The Morgan fingerprint density at radius 3 is 2.42 bits per heavy atom. The van der Waals surface area contributed by atoms with Crippen LogP contribution in [0.5, 0.6) is 0 Å². The Bertz CT molecular complexity index is 628. The van der Waals surface area contributed by atoms with E-state index in [9.17, 15) is 4.79 Å². The van der Waals surface area contributed by atoms with Gasteiger partial charge in [-0.15, -0.1) is 0 Å². The summed E-state index contributed by atoms with van der Waals surface area (Å²) in [5.74, 6) is -0.0592. The van der Waals surface area contributed by atoms with Gasteiger partial charge in [0.1, 0.15) is 0 Å². The molecule has 0 bridgehead atoms. The van der Waals surface area contributed by atoms with E-state index >= 15 is 0 Å². The van der Waals surface area contributed by atoms with Crippen LogP contribution in [-0.2, 0) is 0 Å². The predicted octanol–water partition coefficient (Wildman–Crippen LogP) is 5.20. The van der Waals surface area contributed by atoms with E-state index in [1.54, 1.807) is 18.2 Å². The molecule has 0 heterocycles. The van der Waals surface area contributed by atoms with Crippen molar-refractivity contribution in [2.24, 2.45) is 0 Å². The van der Waals surface area contributed by atoms with Gasteiger partial charge in [-0.3, -0.25) is 4.79 Å². The Kier molecular flexibility index (Phi) is 4.41. The Labute approximate surface area is 122 Å². The number of benzene rings is 2. The molecule has 0 aromatic heterocycles. The predicted molar refractivity (Wildman–Crippen MR) is 81.0 cm³/mol. The van der Waals surface area contributed by atoms with Gasteiger partial charge in [0, 0.05) is 5.56 Å². The van der Waals surface area contributed by atoms with Crippen LogP contribution in [0, 0.1) is 6.92 Å². The summed E-state index contributed by atoms with van der Waals surface area (Å²) in [5, 5.41) is 0.934. The topological polar surface area (TPSA) is 17.1 Å². The molecule has 0 radical (unpaired) electrons. The van der Waals surface area contributed by atoms with Gasteiger partial charge < -0.3 is 0 Å². The van der Waals surface area contributed by atoms with E-state index in [2.05, 4.69) is 0 Å². The van der Waals surface area contributed by atoms with Crippen LogP contribution in [0.25, 0.3) is 6.08 Å². The Hall–Kier alpha value is -1.57. The zero-order chi connectivity index (χ0) is 13.8. The minimum Gasteiger partial charge on any atom is -0.289 e. The fourth-order valence-corrected chi connectivity index (χ4v) is 2.00. The van der Waals surface area contributed by atoms with Gasteiger partial charge in [-0.2, -0.15) is 0 Å². The summed E-state index contributed by atoms with van der Waals surface area (Å²) >= 11 is 12.0. The first-order valence-electron chi connectivity index (χ1n) is 5.81. The molecule has 0 saturated carbocycles. The molecule has 0 N–H and O–H groups in total. The molecule has 1 nitrogen and oxygen atoms in total. The highest BCUT2D eigenvalue weighted by molar-refractivity contribution is 6.42. The fraction of sp³-hybridized carbons (Fsp3) is 0.0625. The van der Waals surface area contributed by atoms with Crippen molar-refractivity contribution in [1.82, 2.24) is 0 Å². The fourth-order valence-electron chi connectivity index (χ4n) is 1.63. The molecule has 0 aliphatic carbocycles. The van der Waals surface area contributed by atoms with E-state index < -0.39 is 0 Å². The summed E-state index contributed by atoms with van der Waals surface area (Å²) in [4.78, 5) is 12.0. The van der Waals surface area contributed by atoms with Gasteiger partial charge in [-0.1, -0.05) is 65.2 Å². The summed E-state index contributed by atoms with van der Waals surface area (Å²) < 4.78 is 0. The second kappa shape index (κ2) is 6.05. The minimum absolute atomic E-state index is 0.0592. The van der Waals surface area contributed by atoms with Gasteiger partial charge in [-0.05, 0) is 30.7 Å². The van der Waals surface area contributed by atoms with Gasteiger partial charge in [-0.25, -0.2) is 0 Å². The lowest BCUT2D eigenvalue weighted by molar-refractivity contribution is 0.104. The van der Waals surface area contributed by atoms with Crippen LogP contribution in [0.4, 0.5) is 0 Å². The van der Waals surface area contributed by atoms with Crippen molar-refractivity contribution in [3.63, 3.8) is 0 Å². The van der Waals surface area contributed by atoms with E-state index in [4.69, 9.17) is 23.2 Å². The summed E-state index contributed by atoms with van der Waals surface area (Å²) in [6, 6.07) is 12.8. The number of aryl methyl sites for hydroxylation is 1.